The highest BCUT2D eigenvalue weighted by molar-refractivity contribution is 5.98. The van der Waals surface area contributed by atoms with E-state index in [1.807, 2.05) is 19.2 Å². The molecule has 0 aromatic heterocycles. The van der Waals surface area contributed by atoms with Crippen molar-refractivity contribution in [3.63, 3.8) is 0 Å². The summed E-state index contributed by atoms with van der Waals surface area (Å²) in [5.41, 5.74) is 2.22. The molecule has 0 spiro atoms. The number of benzene rings is 1. The van der Waals surface area contributed by atoms with Gasteiger partial charge in [0, 0.05) is 18.0 Å². The van der Waals surface area contributed by atoms with Crippen molar-refractivity contribution in [1.82, 2.24) is 5.32 Å². The molecule has 1 atom stereocenters. The summed E-state index contributed by atoms with van der Waals surface area (Å²) in [4.78, 5) is 12.3. The molecule has 0 bridgehead atoms. The second kappa shape index (κ2) is 6.14. The van der Waals surface area contributed by atoms with Crippen molar-refractivity contribution in [2.75, 3.05) is 13.6 Å². The lowest BCUT2D eigenvalue weighted by atomic mass is 9.85. The van der Waals surface area contributed by atoms with Crippen molar-refractivity contribution >= 4 is 5.78 Å². The van der Waals surface area contributed by atoms with Crippen molar-refractivity contribution in [2.24, 2.45) is 5.92 Å². The van der Waals surface area contributed by atoms with Crippen LogP contribution in [0.1, 0.15) is 50.0 Å². The van der Waals surface area contributed by atoms with Crippen molar-refractivity contribution in [3.8, 4) is 0 Å². The molecule has 1 aromatic rings. The van der Waals surface area contributed by atoms with E-state index in [-0.39, 0.29) is 17.1 Å². The average molecular weight is 247 g/mol. The van der Waals surface area contributed by atoms with Crippen LogP contribution in [0, 0.1) is 5.92 Å². The zero-order chi connectivity index (χ0) is 13.8. The number of nitrogens with one attached hydrogen (secondary N) is 1. The van der Waals surface area contributed by atoms with E-state index < -0.39 is 0 Å². The zero-order valence-electron chi connectivity index (χ0n) is 12.2. The second-order valence-electron chi connectivity index (χ2n) is 5.85. The van der Waals surface area contributed by atoms with Crippen LogP contribution >= 0.6 is 0 Å². The first-order valence-electron chi connectivity index (χ1n) is 6.69. The lowest BCUT2D eigenvalue weighted by molar-refractivity contribution is 0.0916. The van der Waals surface area contributed by atoms with Crippen LogP contribution in [0.3, 0.4) is 0 Å². The van der Waals surface area contributed by atoms with Crippen LogP contribution in [0.2, 0.25) is 0 Å². The third-order valence-electron chi connectivity index (χ3n) is 3.35. The first kappa shape index (κ1) is 14.9. The minimum Gasteiger partial charge on any atom is -0.319 e. The van der Waals surface area contributed by atoms with Crippen molar-refractivity contribution in [3.05, 3.63) is 35.4 Å². The Morgan fingerprint density at radius 1 is 1.22 bits per heavy atom. The predicted octanol–water partition coefficient (Wildman–Crippen LogP) is 3.41. The minimum atomic E-state index is 0.0792. The largest absolute Gasteiger partial charge is 0.319 e. The van der Waals surface area contributed by atoms with E-state index in [2.05, 4.69) is 45.1 Å². The number of carbonyl (C=O) groups excluding carboxylic acids is 1. The predicted molar refractivity (Wildman–Crippen MR) is 77.2 cm³/mol. The highest BCUT2D eigenvalue weighted by Crippen LogP contribution is 2.23. The Hall–Kier alpha value is -1.15. The number of hydrogen-bond donors (Lipinski definition) is 1. The van der Waals surface area contributed by atoms with Crippen LogP contribution in [-0.4, -0.2) is 19.4 Å². The number of ketones is 1. The minimum absolute atomic E-state index is 0.0792. The van der Waals surface area contributed by atoms with E-state index in [0.717, 1.165) is 18.5 Å². The Bertz CT molecular complexity index is 387. The van der Waals surface area contributed by atoms with E-state index in [1.54, 1.807) is 0 Å². The first-order chi connectivity index (χ1) is 8.40. The summed E-state index contributed by atoms with van der Waals surface area (Å²) in [6, 6.07) is 8.06. The summed E-state index contributed by atoms with van der Waals surface area (Å²) >= 11 is 0. The first-order valence-corrected chi connectivity index (χ1v) is 6.69. The molecule has 0 saturated heterocycles. The van der Waals surface area contributed by atoms with Crippen LogP contribution in [0.15, 0.2) is 24.3 Å². The summed E-state index contributed by atoms with van der Waals surface area (Å²) in [7, 11) is 1.89. The SMILES string of the molecule is CCC(CNC)C(=O)c1ccc(C(C)(C)C)cc1. The smallest absolute Gasteiger partial charge is 0.167 e. The molecule has 0 heterocycles. The summed E-state index contributed by atoms with van der Waals surface area (Å²) < 4.78 is 0. The molecule has 1 N–H and O–H groups in total. The fourth-order valence-electron chi connectivity index (χ4n) is 2.04. The maximum atomic E-state index is 12.3. The van der Waals surface area contributed by atoms with Crippen molar-refractivity contribution < 1.29 is 4.79 Å². The molecule has 0 amide bonds. The van der Waals surface area contributed by atoms with Gasteiger partial charge in [-0.05, 0) is 24.4 Å². The molecule has 0 aliphatic rings. The topological polar surface area (TPSA) is 29.1 Å². The molecule has 2 nitrogen and oxygen atoms in total. The van der Waals surface area contributed by atoms with Gasteiger partial charge in [0.1, 0.15) is 0 Å². The maximum absolute atomic E-state index is 12.3. The molecule has 2 heteroatoms. The Labute approximate surface area is 111 Å². The number of rotatable bonds is 5. The molecular weight excluding hydrogens is 222 g/mol. The normalized spacial score (nSPS) is 13.4. The maximum Gasteiger partial charge on any atom is 0.167 e. The molecule has 0 aliphatic carbocycles. The Morgan fingerprint density at radius 2 is 1.78 bits per heavy atom. The molecule has 1 unspecified atom stereocenters. The van der Waals surface area contributed by atoms with Gasteiger partial charge in [-0.1, -0.05) is 52.0 Å². The van der Waals surface area contributed by atoms with Gasteiger partial charge in [0.05, 0.1) is 0 Å². The van der Waals surface area contributed by atoms with Gasteiger partial charge in [0.2, 0.25) is 0 Å². The number of hydrogen-bond acceptors (Lipinski definition) is 2. The molecular formula is C16H25NO. The second-order valence-corrected chi connectivity index (χ2v) is 5.85. The van der Waals surface area contributed by atoms with Gasteiger partial charge in [-0.3, -0.25) is 4.79 Å². The number of carbonyl (C=O) groups is 1. The molecule has 0 radical (unpaired) electrons. The fourth-order valence-corrected chi connectivity index (χ4v) is 2.04. The monoisotopic (exact) mass is 247 g/mol. The van der Waals surface area contributed by atoms with Gasteiger partial charge in [-0.25, -0.2) is 0 Å². The van der Waals surface area contributed by atoms with Gasteiger partial charge in [0.25, 0.3) is 0 Å². The van der Waals surface area contributed by atoms with E-state index in [9.17, 15) is 4.79 Å². The lowest BCUT2D eigenvalue weighted by Gasteiger charge is -2.19. The van der Waals surface area contributed by atoms with Gasteiger partial charge in [-0.2, -0.15) is 0 Å². The standard InChI is InChI=1S/C16H25NO/c1-6-12(11-17-5)15(18)13-7-9-14(10-8-13)16(2,3)4/h7-10,12,17H,6,11H2,1-5H3. The Kier molecular flexibility index (Phi) is 5.09. The van der Waals surface area contributed by atoms with Crippen LogP contribution in [0.25, 0.3) is 0 Å². The van der Waals surface area contributed by atoms with E-state index >= 15 is 0 Å². The highest BCUT2D eigenvalue weighted by atomic mass is 16.1. The van der Waals surface area contributed by atoms with E-state index in [1.165, 1.54) is 5.56 Å². The quantitative estimate of drug-likeness (QED) is 0.808. The van der Waals surface area contributed by atoms with Crippen molar-refractivity contribution in [2.45, 2.75) is 39.5 Å². The van der Waals surface area contributed by atoms with Crippen LogP contribution < -0.4 is 5.32 Å². The molecule has 1 aromatic carbocycles. The molecule has 0 saturated carbocycles. The van der Waals surface area contributed by atoms with E-state index in [4.69, 9.17) is 0 Å². The van der Waals surface area contributed by atoms with Crippen LogP contribution in [0.5, 0.6) is 0 Å². The van der Waals surface area contributed by atoms with Crippen LogP contribution in [-0.2, 0) is 5.41 Å². The lowest BCUT2D eigenvalue weighted by Crippen LogP contribution is -2.25. The molecule has 1 rings (SSSR count). The fraction of sp³-hybridized carbons (Fsp3) is 0.562. The molecule has 0 aliphatic heterocycles. The Morgan fingerprint density at radius 3 is 2.17 bits per heavy atom. The van der Waals surface area contributed by atoms with Crippen molar-refractivity contribution in [1.29, 1.82) is 0 Å². The van der Waals surface area contributed by atoms with Gasteiger partial charge in [-0.15, -0.1) is 0 Å². The highest BCUT2D eigenvalue weighted by Gasteiger charge is 2.19. The molecule has 0 fully saturated rings. The van der Waals surface area contributed by atoms with E-state index in [0.29, 0.717) is 0 Å². The molecule has 100 valence electrons. The summed E-state index contributed by atoms with van der Waals surface area (Å²) in [5, 5.41) is 3.08. The number of Topliss-reactive ketones (excluding diaryl/α,β-unsaturated/α-hetero) is 1. The van der Waals surface area contributed by atoms with Gasteiger partial charge < -0.3 is 5.32 Å². The van der Waals surface area contributed by atoms with Gasteiger partial charge >= 0.3 is 0 Å². The summed E-state index contributed by atoms with van der Waals surface area (Å²) in [6.07, 6.45) is 0.876. The summed E-state index contributed by atoms with van der Waals surface area (Å²) in [6.45, 7) is 9.35. The van der Waals surface area contributed by atoms with Gasteiger partial charge in [0.15, 0.2) is 5.78 Å². The third-order valence-corrected chi connectivity index (χ3v) is 3.35. The zero-order valence-corrected chi connectivity index (χ0v) is 12.2. The average Bonchev–Trinajstić information content (AvgIpc) is 2.34. The van der Waals surface area contributed by atoms with Crippen LogP contribution in [0.4, 0.5) is 0 Å². The summed E-state index contributed by atoms with van der Waals surface area (Å²) in [5.74, 6) is 0.322. The third kappa shape index (κ3) is 3.67. The molecule has 18 heavy (non-hydrogen) atoms. The Balaban J connectivity index is 2.88.